The van der Waals surface area contributed by atoms with Crippen molar-refractivity contribution in [3.05, 3.63) is 0 Å². The molecule has 0 aliphatic carbocycles. The number of hydrogen-bond donors (Lipinski definition) is 0. The number of nitriles is 6. The van der Waals surface area contributed by atoms with Gasteiger partial charge in [0, 0.05) is 37.5 Å². The summed E-state index contributed by atoms with van der Waals surface area (Å²) >= 11 is 0. The van der Waals surface area contributed by atoms with Crippen molar-refractivity contribution < 1.29 is 116 Å². The molecule has 21 heavy (non-hydrogen) atoms. The monoisotopic (exact) mass is 399 g/mol. The summed E-state index contributed by atoms with van der Waals surface area (Å²) in [5, 5.41) is 90.0. The van der Waals surface area contributed by atoms with Crippen LogP contribution in [0.3, 0.4) is 0 Å². The van der Waals surface area contributed by atoms with Gasteiger partial charge in [0.05, 0.1) is 0 Å². The topological polar surface area (TPSA) is 281 Å². The SMILES string of the molecule is N#C[O-].N#C[O-].N#C[O-].N#C[O-].N#C[O-].N#C[O-].[Cr+3].[Fe+2].[K+]. The predicted molar refractivity (Wildman–Crippen MR) is 33.7 cm³/mol. The van der Waals surface area contributed by atoms with Crippen LogP contribution >= 0.6 is 0 Å². The zero-order valence-electron chi connectivity index (χ0n) is 9.89. The van der Waals surface area contributed by atoms with E-state index in [1.54, 1.807) is 0 Å². The third kappa shape index (κ3) is 2010. The average Bonchev–Trinajstić information content (AvgIpc) is 2.23. The van der Waals surface area contributed by atoms with Crippen LogP contribution in [0, 0.1) is 69.1 Å². The van der Waals surface area contributed by atoms with E-state index in [0.29, 0.717) is 37.5 Å². The average molecular weight is 399 g/mol. The molecule has 12 nitrogen and oxygen atoms in total. The van der Waals surface area contributed by atoms with Gasteiger partial charge >= 0.3 is 85.8 Å². The van der Waals surface area contributed by atoms with Gasteiger partial charge in [-0.05, 0) is 0 Å². The molecular weight excluding hydrogens is 399 g/mol. The summed E-state index contributed by atoms with van der Waals surface area (Å²) in [5.41, 5.74) is 0. The molecule has 0 N–H and O–H groups in total. The van der Waals surface area contributed by atoms with E-state index < -0.39 is 0 Å². The first-order valence-electron chi connectivity index (χ1n) is 2.57. The second-order valence-electron chi connectivity index (χ2n) is 0.548. The van der Waals surface area contributed by atoms with Crippen molar-refractivity contribution in [2.24, 2.45) is 0 Å². The van der Waals surface area contributed by atoms with Crippen molar-refractivity contribution in [2.45, 2.75) is 0 Å². The van der Waals surface area contributed by atoms with Gasteiger partial charge in [0.15, 0.2) is 0 Å². The second kappa shape index (κ2) is 285. The molecule has 0 aliphatic heterocycles. The summed E-state index contributed by atoms with van der Waals surface area (Å²) in [6, 6.07) is 0. The first-order chi connectivity index (χ1) is 8.49. The summed E-state index contributed by atoms with van der Waals surface area (Å²) in [6.45, 7) is 0. The molecule has 0 saturated carbocycles. The molecule has 0 aromatic carbocycles. The van der Waals surface area contributed by atoms with Crippen LogP contribution in [0.4, 0.5) is 0 Å². The molecule has 0 aromatic rings. The van der Waals surface area contributed by atoms with E-state index in [2.05, 4.69) is 0 Å². The minimum Gasteiger partial charge on any atom is -0.812 e. The van der Waals surface area contributed by atoms with Gasteiger partial charge in [0.2, 0.25) is 0 Å². The summed E-state index contributed by atoms with van der Waals surface area (Å²) < 4.78 is 0. The van der Waals surface area contributed by atoms with Gasteiger partial charge in [-0.1, -0.05) is 0 Å². The Hall–Kier alpha value is -1.57. The summed E-state index contributed by atoms with van der Waals surface area (Å²) in [5.74, 6) is 0. The minimum atomic E-state index is 0. The van der Waals surface area contributed by atoms with E-state index >= 15 is 0 Å². The summed E-state index contributed by atoms with van der Waals surface area (Å²) in [6.07, 6.45) is 3.00. The quantitative estimate of drug-likeness (QED) is 0.271. The molecule has 15 heteroatoms. The number of hydrogen-bond acceptors (Lipinski definition) is 12. The van der Waals surface area contributed by atoms with E-state index in [4.69, 9.17) is 62.2 Å². The van der Waals surface area contributed by atoms with E-state index in [-0.39, 0.29) is 85.8 Å². The fourth-order valence-corrected chi connectivity index (χ4v) is 0. The summed E-state index contributed by atoms with van der Waals surface area (Å²) in [4.78, 5) is 0. The fourth-order valence-electron chi connectivity index (χ4n) is 0. The molecular formula is C6CrFeKN6O6. The number of nitrogens with zero attached hydrogens (tertiary/aromatic N) is 6. The van der Waals surface area contributed by atoms with Crippen molar-refractivity contribution in [2.75, 3.05) is 0 Å². The van der Waals surface area contributed by atoms with Crippen molar-refractivity contribution in [3.63, 3.8) is 0 Å². The molecule has 0 rings (SSSR count). The normalized spacial score (nSPS) is 2.00. The molecule has 0 bridgehead atoms. The maximum absolute atomic E-state index is 8.24. The molecule has 0 spiro atoms. The van der Waals surface area contributed by atoms with Crippen molar-refractivity contribution in [3.8, 4) is 37.5 Å². The van der Waals surface area contributed by atoms with Crippen molar-refractivity contribution in [1.82, 2.24) is 0 Å². The molecule has 0 saturated heterocycles. The van der Waals surface area contributed by atoms with Crippen LogP contribution in [0.25, 0.3) is 0 Å². The standard InChI is InChI=1S/6CHNO.Cr.Fe.K/c6*2-1-3;;;/h6*3H;;;/q;;;;;;+3;+2;+1/p-6. The Morgan fingerprint density at radius 3 is 0.429 bits per heavy atom. The molecule has 0 aliphatic rings. The third-order valence-corrected chi connectivity index (χ3v) is 0. The van der Waals surface area contributed by atoms with Gasteiger partial charge in [0.1, 0.15) is 0 Å². The Morgan fingerprint density at radius 2 is 0.429 bits per heavy atom. The van der Waals surface area contributed by atoms with E-state index in [1.807, 2.05) is 0 Å². The molecule has 0 aromatic heterocycles. The summed E-state index contributed by atoms with van der Waals surface area (Å²) in [7, 11) is 0. The van der Waals surface area contributed by atoms with Gasteiger partial charge in [0.25, 0.3) is 0 Å². The minimum absolute atomic E-state index is 0. The van der Waals surface area contributed by atoms with Crippen molar-refractivity contribution >= 4 is 0 Å². The molecule has 0 amide bonds. The van der Waals surface area contributed by atoms with E-state index in [9.17, 15) is 0 Å². The number of rotatable bonds is 0. The van der Waals surface area contributed by atoms with Crippen LogP contribution in [0.5, 0.6) is 0 Å². The molecule has 0 fully saturated rings. The second-order valence-corrected chi connectivity index (χ2v) is 0.548. The van der Waals surface area contributed by atoms with Gasteiger partial charge in [-0.25, -0.2) is 31.6 Å². The zero-order chi connectivity index (χ0) is 16.2. The van der Waals surface area contributed by atoms with Gasteiger partial charge in [-0.15, -0.1) is 0 Å². The zero-order valence-corrected chi connectivity index (χ0v) is 15.4. The van der Waals surface area contributed by atoms with E-state index in [0.717, 1.165) is 0 Å². The van der Waals surface area contributed by atoms with Gasteiger partial charge < -0.3 is 30.6 Å². The Kier molecular flexibility index (Phi) is 825. The Labute approximate surface area is 183 Å². The Balaban J connectivity index is -0.0000000114. The molecule has 0 heterocycles. The van der Waals surface area contributed by atoms with Crippen LogP contribution < -0.4 is 82.0 Å². The van der Waals surface area contributed by atoms with Crippen LogP contribution in [0.15, 0.2) is 0 Å². The van der Waals surface area contributed by atoms with Crippen LogP contribution in [0.1, 0.15) is 0 Å². The van der Waals surface area contributed by atoms with Crippen LogP contribution in [-0.4, -0.2) is 0 Å². The predicted octanol–water partition coefficient (Wildman–Crippen LogP) is -10.0. The first kappa shape index (κ1) is 60.7. The van der Waals surface area contributed by atoms with E-state index in [1.165, 1.54) is 0 Å². The molecule has 1 radical (unpaired) electrons. The largest absolute Gasteiger partial charge is 3.00 e. The molecule has 0 unspecified atom stereocenters. The smallest absolute Gasteiger partial charge is 0.812 e. The Morgan fingerprint density at radius 1 is 0.429 bits per heavy atom. The fraction of sp³-hybridized carbons (Fsp3) is 0. The maximum atomic E-state index is 8.24. The van der Waals surface area contributed by atoms with Gasteiger partial charge in [-0.2, -0.15) is 0 Å². The molecule has 105 valence electrons. The molecule has 0 atom stereocenters. The van der Waals surface area contributed by atoms with Gasteiger partial charge in [-0.3, -0.25) is 0 Å². The maximum Gasteiger partial charge on any atom is 3.00 e. The van der Waals surface area contributed by atoms with Crippen LogP contribution in [-0.2, 0) is 34.4 Å². The first-order valence-corrected chi connectivity index (χ1v) is 2.57. The Bertz CT molecular complexity index is 268. The van der Waals surface area contributed by atoms with Crippen molar-refractivity contribution in [1.29, 1.82) is 31.6 Å². The third-order valence-electron chi connectivity index (χ3n) is 0. The van der Waals surface area contributed by atoms with Crippen LogP contribution in [0.2, 0.25) is 0 Å².